The van der Waals surface area contributed by atoms with Gasteiger partial charge in [-0.25, -0.2) is 4.98 Å². The van der Waals surface area contributed by atoms with Crippen LogP contribution in [0.4, 0.5) is 5.69 Å². The van der Waals surface area contributed by atoms with Gasteiger partial charge in [0, 0.05) is 22.3 Å². The number of aromatic nitrogens is 1. The molecular formula is C25H23ClN2O4. The second-order valence-corrected chi connectivity index (χ2v) is 7.97. The summed E-state index contributed by atoms with van der Waals surface area (Å²) in [4.78, 5) is 17.1. The Bertz CT molecular complexity index is 1290. The summed E-state index contributed by atoms with van der Waals surface area (Å²) in [5.74, 6) is 1.51. The molecule has 1 heterocycles. The molecule has 6 nitrogen and oxygen atoms in total. The Balaban J connectivity index is 1.50. The van der Waals surface area contributed by atoms with Crippen LogP contribution in [0.25, 0.3) is 22.6 Å². The topological polar surface area (TPSA) is 73.6 Å². The van der Waals surface area contributed by atoms with Crippen molar-refractivity contribution in [2.75, 3.05) is 19.0 Å². The third-order valence-corrected chi connectivity index (χ3v) is 5.73. The quantitative estimate of drug-likeness (QED) is 0.384. The Morgan fingerprint density at radius 2 is 1.75 bits per heavy atom. The minimum absolute atomic E-state index is 0.118. The fourth-order valence-electron chi connectivity index (χ4n) is 3.37. The number of carbonyl (C=O) groups excluding carboxylic acids is 1. The lowest BCUT2D eigenvalue weighted by Gasteiger charge is -2.12. The smallest absolute Gasteiger partial charge is 0.262 e. The number of rotatable bonds is 6. The van der Waals surface area contributed by atoms with Gasteiger partial charge in [0.1, 0.15) is 17.0 Å². The number of hydrogen-bond acceptors (Lipinski definition) is 5. The Labute approximate surface area is 191 Å². The fourth-order valence-corrected chi connectivity index (χ4v) is 3.48. The van der Waals surface area contributed by atoms with E-state index >= 15 is 0 Å². The molecule has 0 radical (unpaired) electrons. The minimum atomic E-state index is -0.266. The van der Waals surface area contributed by atoms with E-state index < -0.39 is 0 Å². The van der Waals surface area contributed by atoms with Crippen LogP contribution in [-0.2, 0) is 4.79 Å². The van der Waals surface area contributed by atoms with Crippen LogP contribution >= 0.6 is 11.6 Å². The van der Waals surface area contributed by atoms with Gasteiger partial charge in [-0.3, -0.25) is 4.79 Å². The Hall–Kier alpha value is -3.51. The molecule has 32 heavy (non-hydrogen) atoms. The maximum absolute atomic E-state index is 12.5. The van der Waals surface area contributed by atoms with Crippen molar-refractivity contribution in [3.8, 4) is 23.0 Å². The van der Waals surface area contributed by atoms with Gasteiger partial charge in [-0.05, 0) is 73.9 Å². The summed E-state index contributed by atoms with van der Waals surface area (Å²) in [6, 6.07) is 14.7. The number of oxazole rings is 1. The Kier molecular flexibility index (Phi) is 6.06. The number of nitrogens with one attached hydrogen (secondary N) is 1. The van der Waals surface area contributed by atoms with Crippen molar-refractivity contribution in [1.82, 2.24) is 4.98 Å². The van der Waals surface area contributed by atoms with Crippen molar-refractivity contribution in [3.05, 3.63) is 70.2 Å². The van der Waals surface area contributed by atoms with Gasteiger partial charge in [0.15, 0.2) is 12.2 Å². The molecule has 1 amide bonds. The third-order valence-electron chi connectivity index (χ3n) is 5.13. The van der Waals surface area contributed by atoms with Crippen LogP contribution in [0.5, 0.6) is 11.5 Å². The summed E-state index contributed by atoms with van der Waals surface area (Å²) >= 11 is 6.19. The van der Waals surface area contributed by atoms with Crippen molar-refractivity contribution >= 4 is 34.3 Å². The molecule has 0 atom stereocenters. The number of anilines is 1. The second kappa shape index (κ2) is 8.93. The number of fused-ring (bicyclic) bond motifs is 1. The van der Waals surface area contributed by atoms with Gasteiger partial charge in [0.25, 0.3) is 5.91 Å². The van der Waals surface area contributed by atoms with Crippen LogP contribution in [0.3, 0.4) is 0 Å². The number of amides is 1. The third kappa shape index (κ3) is 4.55. The monoisotopic (exact) mass is 450 g/mol. The summed E-state index contributed by atoms with van der Waals surface area (Å²) in [7, 11) is 1.61. The molecule has 0 aliphatic heterocycles. The van der Waals surface area contributed by atoms with Crippen molar-refractivity contribution in [2.24, 2.45) is 0 Å². The van der Waals surface area contributed by atoms with E-state index in [4.69, 9.17) is 25.5 Å². The van der Waals surface area contributed by atoms with E-state index in [0.29, 0.717) is 39.2 Å². The number of carbonyl (C=O) groups is 1. The predicted molar refractivity (Wildman–Crippen MR) is 126 cm³/mol. The van der Waals surface area contributed by atoms with Crippen molar-refractivity contribution < 1.29 is 18.7 Å². The molecule has 4 rings (SSSR count). The molecule has 0 aliphatic rings. The maximum atomic E-state index is 12.5. The zero-order valence-corrected chi connectivity index (χ0v) is 19.0. The molecule has 7 heteroatoms. The lowest BCUT2D eigenvalue weighted by atomic mass is 10.1. The number of nitrogens with zero attached hydrogens (tertiary/aromatic N) is 1. The van der Waals surface area contributed by atoms with Crippen LogP contribution in [0.2, 0.25) is 5.02 Å². The van der Waals surface area contributed by atoms with E-state index in [-0.39, 0.29) is 12.5 Å². The van der Waals surface area contributed by atoms with Crippen LogP contribution < -0.4 is 14.8 Å². The number of methoxy groups -OCH3 is 1. The predicted octanol–water partition coefficient (Wildman–Crippen LogP) is 6.10. The zero-order valence-electron chi connectivity index (χ0n) is 18.3. The molecule has 0 saturated carbocycles. The molecule has 0 bridgehead atoms. The molecule has 1 aromatic heterocycles. The Morgan fingerprint density at radius 1 is 1.00 bits per heavy atom. The van der Waals surface area contributed by atoms with E-state index in [1.807, 2.05) is 69.3 Å². The van der Waals surface area contributed by atoms with Crippen molar-refractivity contribution in [2.45, 2.75) is 20.8 Å². The summed E-state index contributed by atoms with van der Waals surface area (Å²) in [5.41, 5.74) is 5.51. The molecule has 0 spiro atoms. The lowest BCUT2D eigenvalue weighted by Crippen LogP contribution is -2.20. The first-order chi connectivity index (χ1) is 15.3. The van der Waals surface area contributed by atoms with Gasteiger partial charge >= 0.3 is 0 Å². The highest BCUT2D eigenvalue weighted by molar-refractivity contribution is 6.32. The first kappa shape index (κ1) is 21.7. The van der Waals surface area contributed by atoms with Gasteiger partial charge in [-0.2, -0.15) is 0 Å². The van der Waals surface area contributed by atoms with E-state index in [0.717, 1.165) is 22.3 Å². The number of aryl methyl sites for hydroxylation is 3. The average Bonchev–Trinajstić information content (AvgIpc) is 3.20. The van der Waals surface area contributed by atoms with Crippen molar-refractivity contribution in [3.63, 3.8) is 0 Å². The average molecular weight is 451 g/mol. The van der Waals surface area contributed by atoms with E-state index in [2.05, 4.69) is 10.3 Å². The van der Waals surface area contributed by atoms with Gasteiger partial charge in [-0.1, -0.05) is 17.7 Å². The largest absolute Gasteiger partial charge is 0.497 e. The fraction of sp³-hybridized carbons (Fsp3) is 0.200. The number of halogens is 1. The Morgan fingerprint density at radius 3 is 2.47 bits per heavy atom. The molecule has 4 aromatic rings. The number of hydrogen-bond donors (Lipinski definition) is 1. The first-order valence-electron chi connectivity index (χ1n) is 10.1. The van der Waals surface area contributed by atoms with Crippen molar-refractivity contribution in [1.29, 1.82) is 0 Å². The van der Waals surface area contributed by atoms with Crippen LogP contribution in [-0.4, -0.2) is 24.6 Å². The lowest BCUT2D eigenvalue weighted by molar-refractivity contribution is -0.118. The maximum Gasteiger partial charge on any atom is 0.262 e. The summed E-state index contributed by atoms with van der Waals surface area (Å²) in [6.07, 6.45) is 0. The molecule has 164 valence electrons. The highest BCUT2D eigenvalue weighted by Gasteiger charge is 2.13. The van der Waals surface area contributed by atoms with Crippen LogP contribution in [0.1, 0.15) is 16.7 Å². The van der Waals surface area contributed by atoms with Crippen LogP contribution in [0.15, 0.2) is 52.9 Å². The standard InChI is InChI=1S/C25H23ClN2O4/c1-14-5-6-17(25-28-21-12-18(30-4)7-8-22(21)32-25)11-20(14)27-23(29)13-31-19-9-15(2)24(26)16(3)10-19/h5-12H,13H2,1-4H3,(H,27,29). The zero-order chi connectivity index (χ0) is 22.8. The SMILES string of the molecule is COc1ccc2oc(-c3ccc(C)c(NC(=O)COc4cc(C)c(Cl)c(C)c4)c3)nc2c1. The molecule has 0 unspecified atom stereocenters. The molecule has 1 N–H and O–H groups in total. The molecule has 0 fully saturated rings. The summed E-state index contributed by atoms with van der Waals surface area (Å²) in [5, 5.41) is 3.60. The highest BCUT2D eigenvalue weighted by Crippen LogP contribution is 2.30. The summed E-state index contributed by atoms with van der Waals surface area (Å²) in [6.45, 7) is 5.61. The second-order valence-electron chi connectivity index (χ2n) is 7.59. The van der Waals surface area contributed by atoms with E-state index in [9.17, 15) is 4.79 Å². The van der Waals surface area contributed by atoms with E-state index in [1.54, 1.807) is 7.11 Å². The van der Waals surface area contributed by atoms with Crippen LogP contribution in [0, 0.1) is 20.8 Å². The molecular weight excluding hydrogens is 428 g/mol. The van der Waals surface area contributed by atoms with Gasteiger partial charge < -0.3 is 19.2 Å². The number of ether oxygens (including phenoxy) is 2. The van der Waals surface area contributed by atoms with Gasteiger partial charge in [-0.15, -0.1) is 0 Å². The summed E-state index contributed by atoms with van der Waals surface area (Å²) < 4.78 is 16.8. The molecule has 3 aromatic carbocycles. The first-order valence-corrected chi connectivity index (χ1v) is 10.5. The van der Waals surface area contributed by atoms with Gasteiger partial charge in [0.2, 0.25) is 5.89 Å². The van der Waals surface area contributed by atoms with Gasteiger partial charge in [0.05, 0.1) is 7.11 Å². The minimum Gasteiger partial charge on any atom is -0.497 e. The normalized spacial score (nSPS) is 10.9. The molecule has 0 saturated heterocycles. The van der Waals surface area contributed by atoms with E-state index in [1.165, 1.54) is 0 Å². The highest BCUT2D eigenvalue weighted by atomic mass is 35.5. The number of benzene rings is 3. The molecule has 0 aliphatic carbocycles.